The number of aliphatic carboxylic acids is 1. The molecular weight excluding hydrogens is 268 g/mol. The Hall–Kier alpha value is -1.88. The van der Waals surface area contributed by atoms with Crippen LogP contribution in [0.2, 0.25) is 0 Å². The second-order valence-corrected chi connectivity index (χ2v) is 5.53. The van der Waals surface area contributed by atoms with Gasteiger partial charge in [0.2, 0.25) is 5.91 Å². The zero-order chi connectivity index (χ0) is 15.1. The minimum Gasteiger partial charge on any atom is -0.481 e. The maximum Gasteiger partial charge on any atom is 0.305 e. The molecule has 2 rings (SSSR count). The first kappa shape index (κ1) is 15.5. The van der Waals surface area contributed by atoms with E-state index in [9.17, 15) is 9.59 Å². The van der Waals surface area contributed by atoms with Crippen LogP contribution in [0.25, 0.3) is 0 Å². The number of piperidine rings is 1. The van der Waals surface area contributed by atoms with Gasteiger partial charge in [-0.15, -0.1) is 0 Å². The molecular formula is C16H22N2O3. The van der Waals surface area contributed by atoms with Crippen LogP contribution in [0.1, 0.15) is 37.3 Å². The van der Waals surface area contributed by atoms with E-state index in [1.807, 2.05) is 30.3 Å². The Morgan fingerprint density at radius 2 is 1.90 bits per heavy atom. The van der Waals surface area contributed by atoms with Gasteiger partial charge in [-0.1, -0.05) is 30.3 Å². The fourth-order valence-corrected chi connectivity index (χ4v) is 2.71. The van der Waals surface area contributed by atoms with Gasteiger partial charge in [0, 0.05) is 6.42 Å². The topological polar surface area (TPSA) is 78.4 Å². The van der Waals surface area contributed by atoms with E-state index >= 15 is 0 Å². The van der Waals surface area contributed by atoms with Gasteiger partial charge < -0.3 is 15.7 Å². The number of carbonyl (C=O) groups is 2. The lowest BCUT2D eigenvalue weighted by molar-refractivity contribution is -0.137. The summed E-state index contributed by atoms with van der Waals surface area (Å²) in [5.74, 6) is -0.574. The molecule has 1 saturated heterocycles. The summed E-state index contributed by atoms with van der Waals surface area (Å²) in [5, 5.41) is 15.2. The third-order valence-corrected chi connectivity index (χ3v) is 3.85. The van der Waals surface area contributed by atoms with Gasteiger partial charge in [0.25, 0.3) is 0 Å². The molecule has 114 valence electrons. The summed E-state index contributed by atoms with van der Waals surface area (Å²) in [7, 11) is 0. The molecule has 0 radical (unpaired) electrons. The molecule has 1 unspecified atom stereocenters. The molecule has 0 aromatic heterocycles. The number of rotatable bonds is 6. The molecule has 0 bridgehead atoms. The molecule has 1 aromatic rings. The number of hydrogen-bond donors (Lipinski definition) is 3. The second-order valence-electron chi connectivity index (χ2n) is 5.53. The highest BCUT2D eigenvalue weighted by molar-refractivity contribution is 5.78. The van der Waals surface area contributed by atoms with Crippen LogP contribution in [0.3, 0.4) is 0 Å². The Morgan fingerprint density at radius 1 is 1.24 bits per heavy atom. The van der Waals surface area contributed by atoms with Gasteiger partial charge in [0.1, 0.15) is 0 Å². The summed E-state index contributed by atoms with van der Waals surface area (Å²) in [6.45, 7) is 1.91. The minimum atomic E-state index is -0.911. The number of carboxylic acid groups (broad SMARTS) is 1. The van der Waals surface area contributed by atoms with Crippen molar-refractivity contribution >= 4 is 11.9 Å². The lowest BCUT2D eigenvalue weighted by atomic mass is 9.94. The van der Waals surface area contributed by atoms with Gasteiger partial charge >= 0.3 is 5.97 Å². The Balaban J connectivity index is 1.94. The van der Waals surface area contributed by atoms with Gasteiger partial charge in [-0.2, -0.15) is 0 Å². The van der Waals surface area contributed by atoms with Crippen LogP contribution in [0.15, 0.2) is 30.3 Å². The van der Waals surface area contributed by atoms with E-state index in [0.717, 1.165) is 31.5 Å². The molecule has 0 spiro atoms. The third-order valence-electron chi connectivity index (χ3n) is 3.85. The van der Waals surface area contributed by atoms with Crippen molar-refractivity contribution in [2.75, 3.05) is 13.1 Å². The van der Waals surface area contributed by atoms with Crippen molar-refractivity contribution in [2.24, 2.45) is 5.92 Å². The standard InChI is InChI=1S/C16H22N2O3/c19-15(10-12-6-8-17-9-7-12)18-14(11-16(20)21)13-4-2-1-3-5-13/h1-5,12,14,17H,6-11H2,(H,18,19)(H,20,21). The molecule has 1 atom stereocenters. The number of carboxylic acids is 1. The van der Waals surface area contributed by atoms with E-state index in [1.54, 1.807) is 0 Å². The number of benzene rings is 1. The van der Waals surface area contributed by atoms with Gasteiger partial charge in [-0.3, -0.25) is 9.59 Å². The largest absolute Gasteiger partial charge is 0.481 e. The van der Waals surface area contributed by atoms with Crippen LogP contribution < -0.4 is 10.6 Å². The smallest absolute Gasteiger partial charge is 0.305 e. The lowest BCUT2D eigenvalue weighted by Gasteiger charge is -2.23. The molecule has 0 saturated carbocycles. The second kappa shape index (κ2) is 7.78. The summed E-state index contributed by atoms with van der Waals surface area (Å²) in [6, 6.07) is 8.80. The highest BCUT2D eigenvalue weighted by atomic mass is 16.4. The zero-order valence-corrected chi connectivity index (χ0v) is 12.0. The summed E-state index contributed by atoms with van der Waals surface area (Å²) < 4.78 is 0. The molecule has 1 fully saturated rings. The molecule has 5 heteroatoms. The number of hydrogen-bond acceptors (Lipinski definition) is 3. The van der Waals surface area contributed by atoms with Crippen LogP contribution in [-0.4, -0.2) is 30.1 Å². The first-order valence-electron chi connectivity index (χ1n) is 7.42. The van der Waals surface area contributed by atoms with Crippen molar-refractivity contribution in [2.45, 2.75) is 31.7 Å². The quantitative estimate of drug-likeness (QED) is 0.745. The highest BCUT2D eigenvalue weighted by Gasteiger charge is 2.21. The number of carbonyl (C=O) groups excluding carboxylic acids is 1. The molecule has 3 N–H and O–H groups in total. The van der Waals surface area contributed by atoms with Crippen LogP contribution in [0.4, 0.5) is 0 Å². The molecule has 1 heterocycles. The van der Waals surface area contributed by atoms with Crippen molar-refractivity contribution in [1.29, 1.82) is 0 Å². The van der Waals surface area contributed by atoms with Crippen molar-refractivity contribution in [3.8, 4) is 0 Å². The maximum atomic E-state index is 12.2. The zero-order valence-electron chi connectivity index (χ0n) is 12.0. The summed E-state index contributed by atoms with van der Waals surface area (Å²) in [5.41, 5.74) is 0.832. The summed E-state index contributed by atoms with van der Waals surface area (Å²) >= 11 is 0. The third kappa shape index (κ3) is 5.19. The van der Waals surface area contributed by atoms with E-state index in [-0.39, 0.29) is 12.3 Å². The fraction of sp³-hybridized carbons (Fsp3) is 0.500. The maximum absolute atomic E-state index is 12.2. The van der Waals surface area contributed by atoms with E-state index in [4.69, 9.17) is 5.11 Å². The Bertz CT molecular complexity index is 470. The van der Waals surface area contributed by atoms with E-state index in [0.29, 0.717) is 12.3 Å². The number of amides is 1. The molecule has 0 aliphatic carbocycles. The van der Waals surface area contributed by atoms with Gasteiger partial charge in [0.05, 0.1) is 12.5 Å². The highest BCUT2D eigenvalue weighted by Crippen LogP contribution is 2.19. The minimum absolute atomic E-state index is 0.0583. The van der Waals surface area contributed by atoms with Crippen LogP contribution in [0, 0.1) is 5.92 Å². The van der Waals surface area contributed by atoms with E-state index < -0.39 is 12.0 Å². The predicted octanol–water partition coefficient (Wildman–Crippen LogP) is 1.71. The molecule has 1 amide bonds. The van der Waals surface area contributed by atoms with Gasteiger partial charge in [-0.05, 0) is 37.4 Å². The van der Waals surface area contributed by atoms with E-state index in [1.165, 1.54) is 0 Å². The lowest BCUT2D eigenvalue weighted by Crippen LogP contribution is -2.34. The average Bonchev–Trinajstić information content (AvgIpc) is 2.48. The summed E-state index contributed by atoms with van der Waals surface area (Å²) in [4.78, 5) is 23.1. The molecule has 21 heavy (non-hydrogen) atoms. The van der Waals surface area contributed by atoms with Gasteiger partial charge in [-0.25, -0.2) is 0 Å². The predicted molar refractivity (Wildman–Crippen MR) is 79.8 cm³/mol. The first-order valence-corrected chi connectivity index (χ1v) is 7.42. The Kier molecular flexibility index (Phi) is 5.75. The van der Waals surface area contributed by atoms with Gasteiger partial charge in [0.15, 0.2) is 0 Å². The molecule has 5 nitrogen and oxygen atoms in total. The normalized spacial score (nSPS) is 17.1. The van der Waals surface area contributed by atoms with Crippen molar-refractivity contribution < 1.29 is 14.7 Å². The first-order chi connectivity index (χ1) is 10.1. The molecule has 1 aliphatic heterocycles. The van der Waals surface area contributed by atoms with Crippen LogP contribution >= 0.6 is 0 Å². The Labute approximate surface area is 124 Å². The van der Waals surface area contributed by atoms with Crippen LogP contribution in [0.5, 0.6) is 0 Å². The van der Waals surface area contributed by atoms with Crippen LogP contribution in [-0.2, 0) is 9.59 Å². The van der Waals surface area contributed by atoms with Crippen molar-refractivity contribution in [3.05, 3.63) is 35.9 Å². The molecule has 1 aliphatic rings. The van der Waals surface area contributed by atoms with Crippen molar-refractivity contribution in [3.63, 3.8) is 0 Å². The summed E-state index contributed by atoms with van der Waals surface area (Å²) in [6.07, 6.45) is 2.39. The Morgan fingerprint density at radius 3 is 2.52 bits per heavy atom. The van der Waals surface area contributed by atoms with E-state index in [2.05, 4.69) is 10.6 Å². The monoisotopic (exact) mass is 290 g/mol. The fourth-order valence-electron chi connectivity index (χ4n) is 2.71. The molecule has 1 aromatic carbocycles. The average molecular weight is 290 g/mol. The van der Waals surface area contributed by atoms with Crippen molar-refractivity contribution in [1.82, 2.24) is 10.6 Å². The number of nitrogens with one attached hydrogen (secondary N) is 2. The SMILES string of the molecule is O=C(O)CC(NC(=O)CC1CCNCC1)c1ccccc1.